The highest BCUT2D eigenvalue weighted by Gasteiger charge is 2.22. The van der Waals surface area contributed by atoms with Gasteiger partial charge >= 0.3 is 5.97 Å². The molecule has 0 radical (unpaired) electrons. The van der Waals surface area contributed by atoms with Crippen molar-refractivity contribution in [3.63, 3.8) is 0 Å². The molecule has 0 aromatic heterocycles. The molecule has 0 spiro atoms. The molecule has 2 atom stereocenters. The van der Waals surface area contributed by atoms with Crippen LogP contribution in [0.25, 0.3) is 0 Å². The second-order valence-electron chi connectivity index (χ2n) is 3.68. The fraction of sp³-hybridized carbons (Fsp3) is 0.889. The first-order chi connectivity index (χ1) is 5.72. The number of hydrogen-bond acceptors (Lipinski definition) is 2. The van der Waals surface area contributed by atoms with Gasteiger partial charge in [-0.05, 0) is 31.1 Å². The minimum atomic E-state index is -0.710. The minimum absolute atomic E-state index is 0.218. The predicted molar refractivity (Wildman–Crippen MR) is 44.8 cm³/mol. The van der Waals surface area contributed by atoms with Crippen LogP contribution in [-0.4, -0.2) is 22.8 Å². The molecule has 0 aromatic carbocycles. The number of aliphatic hydroxyl groups excluding tert-OH is 1. The number of aliphatic carboxylic acids is 1. The average Bonchev–Trinajstić information content (AvgIpc) is 2.03. The molecule has 1 rings (SSSR count). The largest absolute Gasteiger partial charge is 0.481 e. The third-order valence-electron chi connectivity index (χ3n) is 2.61. The SMILES string of the molecule is O=C(O)CC1CCCC(CO)C1. The van der Waals surface area contributed by atoms with Gasteiger partial charge in [0.1, 0.15) is 0 Å². The summed E-state index contributed by atoms with van der Waals surface area (Å²) in [6.45, 7) is 0.218. The van der Waals surface area contributed by atoms with E-state index in [4.69, 9.17) is 10.2 Å². The summed E-state index contributed by atoms with van der Waals surface area (Å²) in [7, 11) is 0. The molecule has 1 aliphatic carbocycles. The molecule has 70 valence electrons. The molecule has 0 heterocycles. The van der Waals surface area contributed by atoms with E-state index in [0.29, 0.717) is 11.8 Å². The van der Waals surface area contributed by atoms with Crippen molar-refractivity contribution in [2.45, 2.75) is 32.1 Å². The second-order valence-corrected chi connectivity index (χ2v) is 3.68. The van der Waals surface area contributed by atoms with Crippen LogP contribution in [0.15, 0.2) is 0 Å². The molecule has 2 unspecified atom stereocenters. The standard InChI is InChI=1S/C9H16O3/c10-6-8-3-1-2-7(4-8)5-9(11)12/h7-8,10H,1-6H2,(H,11,12). The van der Waals surface area contributed by atoms with E-state index in [1.165, 1.54) is 0 Å². The van der Waals surface area contributed by atoms with Gasteiger partial charge in [-0.25, -0.2) is 0 Å². The number of carboxylic acids is 1. The topological polar surface area (TPSA) is 57.5 Å². The van der Waals surface area contributed by atoms with Crippen LogP contribution in [0.4, 0.5) is 0 Å². The summed E-state index contributed by atoms with van der Waals surface area (Å²) < 4.78 is 0. The van der Waals surface area contributed by atoms with Gasteiger partial charge in [-0.1, -0.05) is 6.42 Å². The number of rotatable bonds is 3. The highest BCUT2D eigenvalue weighted by atomic mass is 16.4. The van der Waals surface area contributed by atoms with Gasteiger partial charge in [0.2, 0.25) is 0 Å². The molecule has 0 aliphatic heterocycles. The zero-order valence-electron chi connectivity index (χ0n) is 7.20. The van der Waals surface area contributed by atoms with Gasteiger partial charge in [0.05, 0.1) is 0 Å². The Morgan fingerprint density at radius 2 is 2.00 bits per heavy atom. The van der Waals surface area contributed by atoms with Crippen molar-refractivity contribution in [3.8, 4) is 0 Å². The summed E-state index contributed by atoms with van der Waals surface area (Å²) in [5, 5.41) is 17.5. The monoisotopic (exact) mass is 172 g/mol. The Morgan fingerprint density at radius 3 is 2.58 bits per heavy atom. The Hall–Kier alpha value is -0.570. The number of hydrogen-bond donors (Lipinski definition) is 2. The smallest absolute Gasteiger partial charge is 0.303 e. The van der Waals surface area contributed by atoms with Gasteiger partial charge in [-0.3, -0.25) is 4.79 Å². The number of aliphatic hydroxyl groups is 1. The van der Waals surface area contributed by atoms with Crippen molar-refractivity contribution >= 4 is 5.97 Å². The van der Waals surface area contributed by atoms with Gasteiger partial charge in [0.15, 0.2) is 0 Å². The van der Waals surface area contributed by atoms with Crippen LogP contribution in [0.1, 0.15) is 32.1 Å². The van der Waals surface area contributed by atoms with E-state index in [9.17, 15) is 4.79 Å². The maximum absolute atomic E-state index is 10.4. The molecular formula is C9H16O3. The zero-order chi connectivity index (χ0) is 8.97. The fourth-order valence-electron chi connectivity index (χ4n) is 2.00. The first kappa shape index (κ1) is 9.52. The summed E-state index contributed by atoms with van der Waals surface area (Å²) in [4.78, 5) is 10.4. The molecule has 2 N–H and O–H groups in total. The van der Waals surface area contributed by atoms with Gasteiger partial charge in [0.25, 0.3) is 0 Å². The minimum Gasteiger partial charge on any atom is -0.481 e. The molecule has 1 saturated carbocycles. The highest BCUT2D eigenvalue weighted by Crippen LogP contribution is 2.30. The number of carbonyl (C=O) groups is 1. The normalized spacial score (nSPS) is 30.1. The van der Waals surface area contributed by atoms with Crippen molar-refractivity contribution in [2.75, 3.05) is 6.61 Å². The molecule has 12 heavy (non-hydrogen) atoms. The quantitative estimate of drug-likeness (QED) is 0.673. The summed E-state index contributed by atoms with van der Waals surface area (Å²) in [5.74, 6) is -0.0601. The van der Waals surface area contributed by atoms with E-state index in [1.54, 1.807) is 0 Å². The lowest BCUT2D eigenvalue weighted by molar-refractivity contribution is -0.138. The van der Waals surface area contributed by atoms with Crippen LogP contribution in [0.2, 0.25) is 0 Å². The van der Waals surface area contributed by atoms with Crippen LogP contribution in [0, 0.1) is 11.8 Å². The van der Waals surface area contributed by atoms with E-state index in [-0.39, 0.29) is 13.0 Å². The molecule has 3 heteroatoms. The van der Waals surface area contributed by atoms with Crippen molar-refractivity contribution < 1.29 is 15.0 Å². The summed E-state index contributed by atoms with van der Waals surface area (Å²) in [5.41, 5.74) is 0. The Morgan fingerprint density at radius 1 is 1.33 bits per heavy atom. The molecule has 0 amide bonds. The van der Waals surface area contributed by atoms with E-state index in [0.717, 1.165) is 25.7 Å². The fourth-order valence-corrected chi connectivity index (χ4v) is 2.00. The Balaban J connectivity index is 2.30. The van der Waals surface area contributed by atoms with Crippen LogP contribution < -0.4 is 0 Å². The predicted octanol–water partition coefficient (Wildman–Crippen LogP) is 1.26. The van der Waals surface area contributed by atoms with E-state index < -0.39 is 5.97 Å². The molecule has 1 aliphatic rings. The van der Waals surface area contributed by atoms with Gasteiger partial charge in [0, 0.05) is 13.0 Å². The summed E-state index contributed by atoms with van der Waals surface area (Å²) in [6, 6.07) is 0. The lowest BCUT2D eigenvalue weighted by Gasteiger charge is -2.26. The zero-order valence-corrected chi connectivity index (χ0v) is 7.20. The first-order valence-corrected chi connectivity index (χ1v) is 4.55. The van der Waals surface area contributed by atoms with E-state index >= 15 is 0 Å². The lowest BCUT2D eigenvalue weighted by Crippen LogP contribution is -2.20. The molecule has 0 aromatic rings. The number of carboxylic acid groups (broad SMARTS) is 1. The van der Waals surface area contributed by atoms with Crippen molar-refractivity contribution in [1.82, 2.24) is 0 Å². The second kappa shape index (κ2) is 4.45. The highest BCUT2D eigenvalue weighted by molar-refractivity contribution is 5.67. The summed E-state index contributed by atoms with van der Waals surface area (Å²) in [6.07, 6.45) is 4.32. The van der Waals surface area contributed by atoms with Crippen molar-refractivity contribution in [3.05, 3.63) is 0 Å². The first-order valence-electron chi connectivity index (χ1n) is 4.55. The molecule has 3 nitrogen and oxygen atoms in total. The maximum atomic E-state index is 10.4. The molecular weight excluding hydrogens is 156 g/mol. The lowest BCUT2D eigenvalue weighted by atomic mass is 9.80. The third-order valence-corrected chi connectivity index (χ3v) is 2.61. The third kappa shape index (κ3) is 2.81. The van der Waals surface area contributed by atoms with Gasteiger partial charge in [-0.15, -0.1) is 0 Å². The van der Waals surface area contributed by atoms with Crippen LogP contribution >= 0.6 is 0 Å². The van der Waals surface area contributed by atoms with Crippen molar-refractivity contribution in [1.29, 1.82) is 0 Å². The molecule has 1 fully saturated rings. The Bertz CT molecular complexity index is 156. The maximum Gasteiger partial charge on any atom is 0.303 e. The Kier molecular flexibility index (Phi) is 3.53. The van der Waals surface area contributed by atoms with E-state index in [1.807, 2.05) is 0 Å². The molecule has 0 bridgehead atoms. The van der Waals surface area contributed by atoms with Gasteiger partial charge < -0.3 is 10.2 Å². The summed E-state index contributed by atoms with van der Waals surface area (Å²) >= 11 is 0. The van der Waals surface area contributed by atoms with Crippen LogP contribution in [0.5, 0.6) is 0 Å². The van der Waals surface area contributed by atoms with Crippen LogP contribution in [0.3, 0.4) is 0 Å². The van der Waals surface area contributed by atoms with Crippen molar-refractivity contribution in [2.24, 2.45) is 11.8 Å². The van der Waals surface area contributed by atoms with E-state index in [2.05, 4.69) is 0 Å². The molecule has 0 saturated heterocycles. The van der Waals surface area contributed by atoms with Gasteiger partial charge in [-0.2, -0.15) is 0 Å². The van der Waals surface area contributed by atoms with Crippen LogP contribution in [-0.2, 0) is 4.79 Å². The average molecular weight is 172 g/mol. The Labute approximate surface area is 72.4 Å².